The van der Waals surface area contributed by atoms with Gasteiger partial charge in [0.25, 0.3) is 0 Å². The van der Waals surface area contributed by atoms with Crippen LogP contribution in [-0.4, -0.2) is 88.9 Å². The van der Waals surface area contributed by atoms with Crippen molar-refractivity contribution in [1.29, 1.82) is 5.41 Å². The second-order valence-electron chi connectivity index (χ2n) is 4.43. The minimum absolute atomic E-state index is 0. The zero-order valence-electron chi connectivity index (χ0n) is 12.2. The monoisotopic (exact) mass is 354 g/mol. The maximum atomic E-state index is 12.1. The molecule has 5 N–H and O–H groups in total. The fourth-order valence-corrected chi connectivity index (χ4v) is 2.12. The number of nitrogens with zero attached hydrogens (tertiary/aromatic N) is 3. The van der Waals surface area contributed by atoms with Gasteiger partial charge >= 0.3 is 7.60 Å². The topological polar surface area (TPSA) is 174 Å². The third kappa shape index (κ3) is 5.30. The molecule has 1 radical (unpaired) electrons. The standard InChI is InChI=1S/C10H14N5O6P.Na/c11-9-8-10(13-3-12-8)14-4-15(9)7(17)1-6(2-16)21-5-22(18,19)20;/h3-4,6,11,16H,1-2,5H2,(H,12,13)(H2,18,19,20);/t6-;/m1./s1. The molecule has 0 bridgehead atoms. The molecule has 121 valence electrons. The molecule has 0 saturated heterocycles. The quantitative estimate of drug-likeness (QED) is 0.304. The van der Waals surface area contributed by atoms with E-state index in [-0.39, 0.29) is 52.6 Å². The van der Waals surface area contributed by atoms with Gasteiger partial charge in [-0.15, -0.1) is 0 Å². The van der Waals surface area contributed by atoms with Crippen molar-refractivity contribution in [3.05, 3.63) is 18.1 Å². The number of aromatic nitrogens is 4. The van der Waals surface area contributed by atoms with Crippen LogP contribution in [0.5, 0.6) is 0 Å². The molecule has 0 aliphatic carbocycles. The van der Waals surface area contributed by atoms with Crippen molar-refractivity contribution in [3.8, 4) is 0 Å². The summed E-state index contributed by atoms with van der Waals surface area (Å²) in [7, 11) is -4.40. The number of aliphatic hydroxyl groups is 1. The van der Waals surface area contributed by atoms with Gasteiger partial charge in [-0.3, -0.25) is 19.3 Å². The van der Waals surface area contributed by atoms with E-state index in [4.69, 9.17) is 25.0 Å². The molecule has 11 nitrogen and oxygen atoms in total. The first-order chi connectivity index (χ1) is 10.3. The molecular formula is C10H14N5NaO6P. The van der Waals surface area contributed by atoms with Crippen LogP contribution in [0.2, 0.25) is 0 Å². The number of rotatable bonds is 6. The number of fused-ring (bicyclic) bond motifs is 1. The number of carbonyl (C=O) groups excluding carboxylic acids is 1. The summed E-state index contributed by atoms with van der Waals surface area (Å²) in [4.78, 5) is 40.0. The predicted molar refractivity (Wildman–Crippen MR) is 77.6 cm³/mol. The van der Waals surface area contributed by atoms with Crippen LogP contribution < -0.4 is 5.49 Å². The van der Waals surface area contributed by atoms with Crippen molar-refractivity contribution in [3.63, 3.8) is 0 Å². The van der Waals surface area contributed by atoms with Crippen molar-refractivity contribution >= 4 is 54.2 Å². The zero-order valence-corrected chi connectivity index (χ0v) is 15.1. The average molecular weight is 354 g/mol. The molecule has 0 fully saturated rings. The average Bonchev–Trinajstić information content (AvgIpc) is 2.92. The van der Waals surface area contributed by atoms with Crippen LogP contribution in [0.25, 0.3) is 11.2 Å². The zero-order chi connectivity index (χ0) is 16.3. The molecule has 13 heteroatoms. The van der Waals surface area contributed by atoms with Gasteiger partial charge in [0.2, 0.25) is 5.91 Å². The van der Waals surface area contributed by atoms with Gasteiger partial charge < -0.3 is 24.6 Å². The van der Waals surface area contributed by atoms with Crippen LogP contribution in [0.4, 0.5) is 0 Å². The Labute approximate surface area is 151 Å². The summed E-state index contributed by atoms with van der Waals surface area (Å²) in [6.07, 6.45) is 0.0930. The Bertz CT molecular complexity index is 785. The third-order valence-corrected chi connectivity index (χ3v) is 3.23. The fraction of sp³-hybridized carbons (Fsp3) is 0.400. The van der Waals surface area contributed by atoms with E-state index in [0.717, 1.165) is 10.9 Å². The van der Waals surface area contributed by atoms with Gasteiger partial charge in [-0.2, -0.15) is 0 Å². The molecule has 2 heterocycles. The number of imidazole rings is 1. The molecule has 0 saturated carbocycles. The summed E-state index contributed by atoms with van der Waals surface area (Å²) in [5.41, 5.74) is 0.386. The van der Waals surface area contributed by atoms with Crippen LogP contribution in [0.1, 0.15) is 11.2 Å². The second kappa shape index (κ2) is 8.27. The summed E-state index contributed by atoms with van der Waals surface area (Å²) in [5, 5.41) is 17.0. The number of aliphatic hydroxyl groups excluding tert-OH is 1. The second-order valence-corrected chi connectivity index (χ2v) is 6.01. The minimum atomic E-state index is -4.40. The number of carbonyl (C=O) groups is 1. The van der Waals surface area contributed by atoms with E-state index in [2.05, 4.69) is 15.0 Å². The van der Waals surface area contributed by atoms with Crippen LogP contribution >= 0.6 is 7.60 Å². The number of aromatic amines is 1. The van der Waals surface area contributed by atoms with Gasteiger partial charge in [0.05, 0.1) is 25.5 Å². The van der Waals surface area contributed by atoms with E-state index in [1.165, 1.54) is 6.33 Å². The molecule has 2 aromatic heterocycles. The minimum Gasteiger partial charge on any atom is -0.394 e. The molecule has 2 aromatic rings. The summed E-state index contributed by atoms with van der Waals surface area (Å²) in [5.74, 6) is -0.612. The van der Waals surface area contributed by atoms with Crippen molar-refractivity contribution in [2.24, 2.45) is 0 Å². The van der Waals surface area contributed by atoms with Crippen molar-refractivity contribution < 1.29 is 29.0 Å². The van der Waals surface area contributed by atoms with Crippen LogP contribution in [0, 0.1) is 5.41 Å². The fourth-order valence-electron chi connectivity index (χ4n) is 1.71. The van der Waals surface area contributed by atoms with E-state index in [1.54, 1.807) is 0 Å². The molecule has 2 rings (SSSR count). The summed E-state index contributed by atoms with van der Waals surface area (Å²) >= 11 is 0. The molecule has 0 aromatic carbocycles. The maximum Gasteiger partial charge on any atom is 0.350 e. The molecule has 0 aliphatic rings. The molecular weight excluding hydrogens is 340 g/mol. The largest absolute Gasteiger partial charge is 0.394 e. The molecule has 0 aliphatic heterocycles. The summed E-state index contributed by atoms with van der Waals surface area (Å²) in [6.45, 7) is -0.598. The molecule has 0 unspecified atom stereocenters. The Morgan fingerprint density at radius 3 is 2.78 bits per heavy atom. The van der Waals surface area contributed by atoms with Crippen molar-refractivity contribution in [1.82, 2.24) is 19.5 Å². The number of hydrogen-bond donors (Lipinski definition) is 5. The maximum absolute atomic E-state index is 12.1. The van der Waals surface area contributed by atoms with E-state index in [1.807, 2.05) is 0 Å². The van der Waals surface area contributed by atoms with Gasteiger partial charge in [-0.05, 0) is 0 Å². The van der Waals surface area contributed by atoms with E-state index in [0.29, 0.717) is 0 Å². The summed E-state index contributed by atoms with van der Waals surface area (Å²) in [6, 6.07) is 0. The van der Waals surface area contributed by atoms with Crippen LogP contribution in [0.3, 0.4) is 0 Å². The normalized spacial score (nSPS) is 12.8. The van der Waals surface area contributed by atoms with Crippen molar-refractivity contribution in [2.45, 2.75) is 12.5 Å². The Morgan fingerprint density at radius 2 is 2.17 bits per heavy atom. The Morgan fingerprint density at radius 1 is 1.48 bits per heavy atom. The number of nitrogens with one attached hydrogen (secondary N) is 2. The third-order valence-electron chi connectivity index (χ3n) is 2.75. The van der Waals surface area contributed by atoms with Gasteiger partial charge in [0, 0.05) is 29.6 Å². The van der Waals surface area contributed by atoms with Crippen LogP contribution in [0.15, 0.2) is 12.7 Å². The molecule has 0 amide bonds. The molecule has 0 spiro atoms. The summed E-state index contributed by atoms with van der Waals surface area (Å²) < 4.78 is 16.5. The molecule has 23 heavy (non-hydrogen) atoms. The Hall–Kier alpha value is -0.910. The first kappa shape index (κ1) is 20.1. The smallest absolute Gasteiger partial charge is 0.350 e. The van der Waals surface area contributed by atoms with Gasteiger partial charge in [0.1, 0.15) is 18.2 Å². The first-order valence-corrected chi connectivity index (χ1v) is 7.87. The number of H-pyrrole nitrogens is 1. The van der Waals surface area contributed by atoms with Gasteiger partial charge in [-0.1, -0.05) is 0 Å². The SMILES string of the molecule is N=c1c2[nH]cnc2ncn1C(=O)C[C@H](CO)OCP(=O)(O)O.[Na]. The predicted octanol–water partition coefficient (Wildman–Crippen LogP) is -1.60. The first-order valence-electron chi connectivity index (χ1n) is 6.07. The Kier molecular flexibility index (Phi) is 7.24. The van der Waals surface area contributed by atoms with E-state index < -0.39 is 32.6 Å². The molecule has 1 atom stereocenters. The Balaban J connectivity index is 0.00000264. The van der Waals surface area contributed by atoms with E-state index >= 15 is 0 Å². The van der Waals surface area contributed by atoms with E-state index in [9.17, 15) is 9.36 Å². The number of hydrogen-bond acceptors (Lipinski definition) is 7. The van der Waals surface area contributed by atoms with Crippen molar-refractivity contribution in [2.75, 3.05) is 13.0 Å². The van der Waals surface area contributed by atoms with Crippen LogP contribution in [-0.2, 0) is 9.30 Å². The van der Waals surface area contributed by atoms with Gasteiger partial charge in [0.15, 0.2) is 11.1 Å². The van der Waals surface area contributed by atoms with Gasteiger partial charge in [-0.25, -0.2) is 9.97 Å². The number of ether oxygens (including phenoxy) is 1.